The molecule has 0 aliphatic carbocycles. The monoisotopic (exact) mass is 424 g/mol. The number of benzene rings is 3. The van der Waals surface area contributed by atoms with Gasteiger partial charge in [-0.15, -0.1) is 15.0 Å². The van der Waals surface area contributed by atoms with E-state index in [0.29, 0.717) is 12.4 Å². The topological polar surface area (TPSA) is 52.8 Å². The van der Waals surface area contributed by atoms with E-state index in [-0.39, 0.29) is 0 Å². The molecule has 0 N–H and O–H groups in total. The summed E-state index contributed by atoms with van der Waals surface area (Å²) in [5, 5.41) is 13.9. The molecule has 0 bridgehead atoms. The van der Waals surface area contributed by atoms with Crippen LogP contribution in [-0.4, -0.2) is 26.8 Å². The highest BCUT2D eigenvalue weighted by atomic mass is 16.5. The summed E-state index contributed by atoms with van der Waals surface area (Å²) in [7, 11) is 0. The minimum absolute atomic E-state index is 0.433. The molecule has 0 unspecified atom stereocenters. The van der Waals surface area contributed by atoms with Crippen LogP contribution in [0.5, 0.6) is 0 Å². The third-order valence-corrected chi connectivity index (χ3v) is 5.51. The van der Waals surface area contributed by atoms with E-state index in [9.17, 15) is 0 Å². The zero-order valence-electron chi connectivity index (χ0n) is 18.8. The van der Waals surface area contributed by atoms with Crippen LogP contribution in [0, 0.1) is 0 Å². The standard InChI is InChI=1S/C27H28N4O/c1-21(2)20-32-26(3,4)25-28-30-31(29-25)27(22-14-8-5-9-15-22,23-16-10-6-11-17-23)24-18-12-7-13-19-24/h5-19H,1,20H2,2-4H3. The van der Waals surface area contributed by atoms with Gasteiger partial charge in [-0.25, -0.2) is 0 Å². The van der Waals surface area contributed by atoms with Crippen LogP contribution < -0.4 is 0 Å². The second kappa shape index (κ2) is 8.89. The van der Waals surface area contributed by atoms with E-state index in [1.165, 1.54) is 0 Å². The first-order valence-corrected chi connectivity index (χ1v) is 10.7. The highest BCUT2D eigenvalue weighted by Gasteiger charge is 2.42. The van der Waals surface area contributed by atoms with Crippen molar-refractivity contribution >= 4 is 0 Å². The largest absolute Gasteiger partial charge is 0.363 e. The quantitative estimate of drug-likeness (QED) is 0.283. The fourth-order valence-corrected chi connectivity index (χ4v) is 3.85. The SMILES string of the molecule is C=C(C)COC(C)(C)c1nnn(C(c2ccccc2)(c2ccccc2)c2ccccc2)n1. The molecule has 0 aliphatic rings. The molecule has 0 amide bonds. The van der Waals surface area contributed by atoms with Gasteiger partial charge in [0.25, 0.3) is 0 Å². The van der Waals surface area contributed by atoms with E-state index in [2.05, 4.69) is 53.3 Å². The van der Waals surface area contributed by atoms with Crippen LogP contribution in [0.2, 0.25) is 0 Å². The number of rotatable bonds is 8. The van der Waals surface area contributed by atoms with E-state index in [1.54, 1.807) is 4.80 Å². The Balaban J connectivity index is 1.96. The second-order valence-corrected chi connectivity index (χ2v) is 8.47. The molecular formula is C27H28N4O. The average molecular weight is 425 g/mol. The number of aromatic nitrogens is 4. The van der Waals surface area contributed by atoms with Crippen LogP contribution in [0.15, 0.2) is 103 Å². The van der Waals surface area contributed by atoms with Crippen molar-refractivity contribution in [1.29, 1.82) is 0 Å². The first-order valence-electron chi connectivity index (χ1n) is 10.7. The van der Waals surface area contributed by atoms with Crippen LogP contribution in [-0.2, 0) is 15.9 Å². The summed E-state index contributed by atoms with van der Waals surface area (Å²) in [5.41, 5.74) is 2.57. The summed E-state index contributed by atoms with van der Waals surface area (Å²) in [5.74, 6) is 0.519. The summed E-state index contributed by atoms with van der Waals surface area (Å²) in [6, 6.07) is 30.9. The molecule has 1 heterocycles. The van der Waals surface area contributed by atoms with Gasteiger partial charge in [-0.05, 0) is 42.7 Å². The van der Waals surface area contributed by atoms with Crippen molar-refractivity contribution in [2.24, 2.45) is 0 Å². The van der Waals surface area contributed by atoms with Gasteiger partial charge in [0.2, 0.25) is 5.82 Å². The highest BCUT2D eigenvalue weighted by Crippen LogP contribution is 2.39. The summed E-state index contributed by atoms with van der Waals surface area (Å²) >= 11 is 0. The van der Waals surface area contributed by atoms with E-state index in [1.807, 2.05) is 75.4 Å². The van der Waals surface area contributed by atoms with Crippen molar-refractivity contribution in [3.8, 4) is 0 Å². The Hall–Kier alpha value is -3.57. The number of ether oxygens (including phenoxy) is 1. The van der Waals surface area contributed by atoms with Crippen LogP contribution in [0.25, 0.3) is 0 Å². The molecule has 0 fully saturated rings. The molecule has 32 heavy (non-hydrogen) atoms. The summed E-state index contributed by atoms with van der Waals surface area (Å²) in [6.45, 7) is 10.2. The summed E-state index contributed by atoms with van der Waals surface area (Å²) in [6.07, 6.45) is 0. The minimum Gasteiger partial charge on any atom is -0.363 e. The number of hydrogen-bond acceptors (Lipinski definition) is 4. The maximum atomic E-state index is 6.04. The molecule has 3 aromatic carbocycles. The van der Waals surface area contributed by atoms with Gasteiger partial charge in [0.05, 0.1) is 6.61 Å². The molecule has 5 nitrogen and oxygen atoms in total. The molecule has 5 heteroatoms. The Labute approximate surface area is 189 Å². The minimum atomic E-state index is -0.792. The van der Waals surface area contributed by atoms with Crippen LogP contribution >= 0.6 is 0 Å². The van der Waals surface area contributed by atoms with Gasteiger partial charge in [-0.2, -0.15) is 0 Å². The Morgan fingerprint density at radius 3 is 1.66 bits per heavy atom. The maximum absolute atomic E-state index is 6.04. The van der Waals surface area contributed by atoms with Crippen LogP contribution in [0.1, 0.15) is 43.3 Å². The molecule has 0 saturated heterocycles. The third-order valence-electron chi connectivity index (χ3n) is 5.51. The van der Waals surface area contributed by atoms with Crippen molar-refractivity contribution in [2.75, 3.05) is 6.61 Å². The van der Waals surface area contributed by atoms with Crippen LogP contribution in [0.4, 0.5) is 0 Å². The molecule has 0 radical (unpaired) electrons. The zero-order valence-corrected chi connectivity index (χ0v) is 18.8. The van der Waals surface area contributed by atoms with Gasteiger partial charge in [0, 0.05) is 0 Å². The van der Waals surface area contributed by atoms with Gasteiger partial charge >= 0.3 is 0 Å². The maximum Gasteiger partial charge on any atom is 0.206 e. The molecule has 0 saturated carbocycles. The summed E-state index contributed by atoms with van der Waals surface area (Å²) in [4.78, 5) is 1.72. The molecule has 0 spiro atoms. The van der Waals surface area contributed by atoms with Gasteiger partial charge in [0.1, 0.15) is 5.60 Å². The highest BCUT2D eigenvalue weighted by molar-refractivity contribution is 5.49. The van der Waals surface area contributed by atoms with E-state index < -0.39 is 11.1 Å². The average Bonchev–Trinajstić information content (AvgIpc) is 3.32. The van der Waals surface area contributed by atoms with Crippen molar-refractivity contribution in [1.82, 2.24) is 20.2 Å². The Bertz CT molecular complexity index is 1070. The van der Waals surface area contributed by atoms with Crippen molar-refractivity contribution in [3.05, 3.63) is 126 Å². The smallest absolute Gasteiger partial charge is 0.206 e. The molecule has 4 rings (SSSR count). The van der Waals surface area contributed by atoms with Crippen molar-refractivity contribution in [2.45, 2.75) is 31.9 Å². The Kier molecular flexibility index (Phi) is 6.01. The lowest BCUT2D eigenvalue weighted by atomic mass is 9.77. The second-order valence-electron chi connectivity index (χ2n) is 8.47. The van der Waals surface area contributed by atoms with Gasteiger partial charge < -0.3 is 4.74 Å². The predicted molar refractivity (Wildman–Crippen MR) is 126 cm³/mol. The fourth-order valence-electron chi connectivity index (χ4n) is 3.85. The number of tetrazole rings is 1. The van der Waals surface area contributed by atoms with E-state index in [4.69, 9.17) is 9.84 Å². The normalized spacial score (nSPS) is 12.0. The van der Waals surface area contributed by atoms with E-state index in [0.717, 1.165) is 22.3 Å². The first-order chi connectivity index (χ1) is 15.4. The van der Waals surface area contributed by atoms with Gasteiger partial charge in [-0.1, -0.05) is 103 Å². The molecule has 4 aromatic rings. The lowest BCUT2D eigenvalue weighted by molar-refractivity contribution is -0.0155. The molecule has 162 valence electrons. The first kappa shape index (κ1) is 21.7. The van der Waals surface area contributed by atoms with Crippen molar-refractivity contribution < 1.29 is 4.74 Å². The predicted octanol–water partition coefficient (Wildman–Crippen LogP) is 5.34. The van der Waals surface area contributed by atoms with Crippen LogP contribution in [0.3, 0.4) is 0 Å². The Morgan fingerprint density at radius 2 is 1.25 bits per heavy atom. The fraction of sp³-hybridized carbons (Fsp3) is 0.222. The molecule has 0 atom stereocenters. The zero-order chi connectivity index (χ0) is 22.6. The lowest BCUT2D eigenvalue weighted by Crippen LogP contribution is -2.40. The summed E-state index contributed by atoms with van der Waals surface area (Å²) < 4.78 is 6.04. The Morgan fingerprint density at radius 1 is 0.812 bits per heavy atom. The molecular weight excluding hydrogens is 396 g/mol. The molecule has 1 aromatic heterocycles. The van der Waals surface area contributed by atoms with Gasteiger partial charge in [0.15, 0.2) is 5.54 Å². The van der Waals surface area contributed by atoms with E-state index >= 15 is 0 Å². The number of hydrogen-bond donors (Lipinski definition) is 0. The molecule has 0 aliphatic heterocycles. The number of nitrogens with zero attached hydrogens (tertiary/aromatic N) is 4. The van der Waals surface area contributed by atoms with Crippen molar-refractivity contribution in [3.63, 3.8) is 0 Å². The third kappa shape index (κ3) is 3.99. The lowest BCUT2D eigenvalue weighted by Gasteiger charge is -2.34. The van der Waals surface area contributed by atoms with Gasteiger partial charge in [-0.3, -0.25) is 0 Å².